The van der Waals surface area contributed by atoms with Crippen molar-refractivity contribution in [3.05, 3.63) is 48.3 Å². The molecule has 0 saturated heterocycles. The summed E-state index contributed by atoms with van der Waals surface area (Å²) in [6, 6.07) is 7.82. The van der Waals surface area contributed by atoms with Gasteiger partial charge in [-0.25, -0.2) is 14.1 Å². The van der Waals surface area contributed by atoms with Gasteiger partial charge in [0.05, 0.1) is 18.0 Å². The maximum atomic E-state index is 13.1. The highest BCUT2D eigenvalue weighted by Crippen LogP contribution is 2.58. The summed E-state index contributed by atoms with van der Waals surface area (Å²) < 4.78 is 14.6. The molecule has 102 valence electrons. The average Bonchev–Trinajstić information content (AvgIpc) is 3.11. The summed E-state index contributed by atoms with van der Waals surface area (Å²) in [6.07, 6.45) is 4.09. The highest BCUT2D eigenvalue weighted by atomic mass is 19.1. The summed E-state index contributed by atoms with van der Waals surface area (Å²) in [4.78, 5) is 3.84. The zero-order valence-corrected chi connectivity index (χ0v) is 10.7. The van der Waals surface area contributed by atoms with Crippen LogP contribution < -0.4 is 0 Å². The van der Waals surface area contributed by atoms with Gasteiger partial charge in [-0.15, -0.1) is 0 Å². The van der Waals surface area contributed by atoms with Crippen molar-refractivity contribution >= 4 is 0 Å². The fourth-order valence-corrected chi connectivity index (χ4v) is 2.54. The first-order chi connectivity index (χ1) is 9.60. The Labute approximate surface area is 115 Å². The Bertz CT molecular complexity index is 643. The van der Waals surface area contributed by atoms with Crippen LogP contribution in [0.3, 0.4) is 0 Å². The van der Waals surface area contributed by atoms with Gasteiger partial charge in [0.1, 0.15) is 24.1 Å². The van der Waals surface area contributed by atoms with Gasteiger partial charge in [-0.1, -0.05) is 12.1 Å². The molecule has 1 aromatic heterocycles. The van der Waals surface area contributed by atoms with Crippen molar-refractivity contribution in [2.45, 2.75) is 25.0 Å². The van der Waals surface area contributed by atoms with E-state index < -0.39 is 11.0 Å². The molecular weight excluding hydrogens is 259 g/mol. The van der Waals surface area contributed by atoms with E-state index in [1.54, 1.807) is 0 Å². The molecule has 0 aliphatic heterocycles. The van der Waals surface area contributed by atoms with E-state index in [-0.39, 0.29) is 12.4 Å². The van der Waals surface area contributed by atoms with Crippen LogP contribution in [0.5, 0.6) is 0 Å². The number of benzene rings is 1. The zero-order chi connectivity index (χ0) is 14.2. The number of halogens is 1. The monoisotopic (exact) mass is 272 g/mol. The smallest absolute Gasteiger partial charge is 0.137 e. The molecule has 0 bridgehead atoms. The van der Waals surface area contributed by atoms with E-state index in [1.165, 1.54) is 41.6 Å². The Morgan fingerprint density at radius 1 is 1.40 bits per heavy atom. The van der Waals surface area contributed by atoms with Crippen molar-refractivity contribution in [3.8, 4) is 6.07 Å². The molecule has 1 aliphatic carbocycles. The largest absolute Gasteiger partial charge is 0.382 e. The van der Waals surface area contributed by atoms with Crippen molar-refractivity contribution in [3.63, 3.8) is 0 Å². The maximum absolute atomic E-state index is 13.1. The van der Waals surface area contributed by atoms with Crippen molar-refractivity contribution in [2.24, 2.45) is 5.41 Å². The quantitative estimate of drug-likeness (QED) is 0.917. The third-order valence-electron chi connectivity index (χ3n) is 3.93. The fraction of sp³-hybridized carbons (Fsp3) is 0.357. The molecule has 5 nitrogen and oxygen atoms in total. The van der Waals surface area contributed by atoms with Crippen LogP contribution in [-0.2, 0) is 12.1 Å². The Kier molecular flexibility index (Phi) is 2.80. The first-order valence-corrected chi connectivity index (χ1v) is 6.32. The highest BCUT2D eigenvalue weighted by molar-refractivity contribution is 5.33. The van der Waals surface area contributed by atoms with Gasteiger partial charge in [-0.05, 0) is 30.5 Å². The Balaban J connectivity index is 2.04. The van der Waals surface area contributed by atoms with Crippen LogP contribution in [0.1, 0.15) is 18.4 Å². The molecule has 1 aliphatic rings. The second-order valence-electron chi connectivity index (χ2n) is 5.15. The van der Waals surface area contributed by atoms with E-state index in [2.05, 4.69) is 16.2 Å². The van der Waals surface area contributed by atoms with Crippen LogP contribution in [0.2, 0.25) is 0 Å². The van der Waals surface area contributed by atoms with Gasteiger partial charge in [-0.2, -0.15) is 10.4 Å². The molecule has 0 radical (unpaired) electrons. The third kappa shape index (κ3) is 1.87. The van der Waals surface area contributed by atoms with E-state index in [9.17, 15) is 14.8 Å². The van der Waals surface area contributed by atoms with Crippen molar-refractivity contribution in [1.29, 1.82) is 5.26 Å². The number of hydrogen-bond donors (Lipinski definition) is 1. The van der Waals surface area contributed by atoms with Gasteiger partial charge in [0.15, 0.2) is 0 Å². The standard InChI is InChI=1S/C14H13FN4O/c15-12-3-1-11(2-4-12)14(20,13(7-16)5-6-13)8-19-10-17-9-18-19/h1-4,9-10,20H,5-6,8H2. The molecule has 1 atom stereocenters. The van der Waals surface area contributed by atoms with Gasteiger partial charge in [0.25, 0.3) is 0 Å². The minimum Gasteiger partial charge on any atom is -0.382 e. The van der Waals surface area contributed by atoms with Gasteiger partial charge in [0.2, 0.25) is 0 Å². The summed E-state index contributed by atoms with van der Waals surface area (Å²) in [5.41, 5.74) is -1.71. The van der Waals surface area contributed by atoms with Crippen LogP contribution in [-0.4, -0.2) is 19.9 Å². The minimum atomic E-state index is -1.40. The van der Waals surface area contributed by atoms with Gasteiger partial charge < -0.3 is 5.11 Å². The number of rotatable bonds is 4. The van der Waals surface area contributed by atoms with E-state index in [0.717, 1.165) is 0 Å². The molecule has 0 amide bonds. The highest BCUT2D eigenvalue weighted by Gasteiger charge is 2.60. The lowest BCUT2D eigenvalue weighted by Gasteiger charge is -2.33. The average molecular weight is 272 g/mol. The lowest BCUT2D eigenvalue weighted by Crippen LogP contribution is -2.40. The number of hydrogen-bond acceptors (Lipinski definition) is 4. The molecule has 3 rings (SSSR count). The maximum Gasteiger partial charge on any atom is 0.137 e. The van der Waals surface area contributed by atoms with Crippen molar-refractivity contribution in [1.82, 2.24) is 14.8 Å². The molecule has 1 aromatic carbocycles. The Morgan fingerprint density at radius 3 is 2.60 bits per heavy atom. The topological polar surface area (TPSA) is 74.7 Å². The lowest BCUT2D eigenvalue weighted by molar-refractivity contribution is -0.0344. The molecule has 1 fully saturated rings. The van der Waals surface area contributed by atoms with Crippen LogP contribution in [0.4, 0.5) is 4.39 Å². The third-order valence-corrected chi connectivity index (χ3v) is 3.93. The van der Waals surface area contributed by atoms with Crippen LogP contribution in [0.15, 0.2) is 36.9 Å². The molecule has 0 spiro atoms. The number of nitriles is 1. The van der Waals surface area contributed by atoms with Crippen molar-refractivity contribution in [2.75, 3.05) is 0 Å². The summed E-state index contributed by atoms with van der Waals surface area (Å²) in [7, 11) is 0. The predicted molar refractivity (Wildman–Crippen MR) is 67.6 cm³/mol. The Morgan fingerprint density at radius 2 is 2.10 bits per heavy atom. The van der Waals surface area contributed by atoms with E-state index in [1.807, 2.05) is 0 Å². The number of aromatic nitrogens is 3. The fourth-order valence-electron chi connectivity index (χ4n) is 2.54. The van der Waals surface area contributed by atoms with E-state index in [0.29, 0.717) is 18.4 Å². The van der Waals surface area contributed by atoms with Crippen molar-refractivity contribution < 1.29 is 9.50 Å². The molecule has 1 unspecified atom stereocenters. The summed E-state index contributed by atoms with van der Waals surface area (Å²) in [5.74, 6) is -0.376. The first kappa shape index (κ1) is 12.8. The summed E-state index contributed by atoms with van der Waals surface area (Å²) >= 11 is 0. The summed E-state index contributed by atoms with van der Waals surface area (Å²) in [6.45, 7) is 0.117. The normalized spacial score (nSPS) is 19.1. The van der Waals surface area contributed by atoms with Crippen LogP contribution >= 0.6 is 0 Å². The summed E-state index contributed by atoms with van der Waals surface area (Å²) in [5, 5.41) is 24.5. The number of nitrogens with zero attached hydrogens (tertiary/aromatic N) is 4. The lowest BCUT2D eigenvalue weighted by atomic mass is 9.79. The molecule has 2 aromatic rings. The van der Waals surface area contributed by atoms with E-state index >= 15 is 0 Å². The predicted octanol–water partition coefficient (Wildman–Crippen LogP) is 1.61. The molecule has 1 saturated carbocycles. The molecule has 1 heterocycles. The number of aliphatic hydroxyl groups is 1. The van der Waals surface area contributed by atoms with E-state index in [4.69, 9.17) is 0 Å². The minimum absolute atomic E-state index is 0.117. The zero-order valence-electron chi connectivity index (χ0n) is 10.7. The van der Waals surface area contributed by atoms with Gasteiger partial charge in [-0.3, -0.25) is 0 Å². The van der Waals surface area contributed by atoms with Gasteiger partial charge >= 0.3 is 0 Å². The van der Waals surface area contributed by atoms with Crippen LogP contribution in [0.25, 0.3) is 0 Å². The molecule has 20 heavy (non-hydrogen) atoms. The second kappa shape index (κ2) is 4.39. The molecular formula is C14H13FN4O. The first-order valence-electron chi connectivity index (χ1n) is 6.32. The SMILES string of the molecule is N#CC1(C(O)(Cn2cncn2)c2ccc(F)cc2)CC1. The second-order valence-corrected chi connectivity index (χ2v) is 5.15. The molecule has 1 N–H and O–H groups in total. The molecule has 6 heteroatoms. The Hall–Kier alpha value is -2.26. The van der Waals surface area contributed by atoms with Gasteiger partial charge in [0, 0.05) is 0 Å². The van der Waals surface area contributed by atoms with Crippen LogP contribution in [0, 0.1) is 22.6 Å².